The van der Waals surface area contributed by atoms with Crippen molar-refractivity contribution in [3.05, 3.63) is 34.3 Å². The van der Waals surface area contributed by atoms with Crippen LogP contribution in [0.4, 0.5) is 4.79 Å². The summed E-state index contributed by atoms with van der Waals surface area (Å²) in [5.41, 5.74) is 6.65. The molecular formula is C17H27BrN4O2. The van der Waals surface area contributed by atoms with Crippen molar-refractivity contribution in [1.82, 2.24) is 16.0 Å². The predicted octanol–water partition coefficient (Wildman–Crippen LogP) is 2.27. The summed E-state index contributed by atoms with van der Waals surface area (Å²) >= 11 is 3.37. The second kappa shape index (κ2) is 11.0. The SMILES string of the molecule is CCCC(NC(=O)NCc1ccc(Br)cc1)C(=O)NCCC(C)N. The molecule has 0 aliphatic carbocycles. The molecule has 2 atom stereocenters. The molecule has 3 amide bonds. The predicted molar refractivity (Wildman–Crippen MR) is 99.5 cm³/mol. The molecular weight excluding hydrogens is 372 g/mol. The summed E-state index contributed by atoms with van der Waals surface area (Å²) in [6.07, 6.45) is 2.11. The normalized spacial score (nSPS) is 13.0. The zero-order chi connectivity index (χ0) is 17.9. The van der Waals surface area contributed by atoms with Gasteiger partial charge in [0.1, 0.15) is 6.04 Å². The third-order valence-electron chi connectivity index (χ3n) is 3.46. The number of amides is 3. The minimum atomic E-state index is -0.534. The van der Waals surface area contributed by atoms with E-state index in [0.29, 0.717) is 25.9 Å². The zero-order valence-electron chi connectivity index (χ0n) is 14.3. The zero-order valence-corrected chi connectivity index (χ0v) is 15.9. The second-order valence-corrected chi connectivity index (χ2v) is 6.77. The van der Waals surface area contributed by atoms with E-state index in [0.717, 1.165) is 16.5 Å². The fourth-order valence-corrected chi connectivity index (χ4v) is 2.36. The Labute approximate surface area is 152 Å². The molecule has 0 saturated carbocycles. The van der Waals surface area contributed by atoms with Gasteiger partial charge in [-0.3, -0.25) is 4.79 Å². The van der Waals surface area contributed by atoms with Gasteiger partial charge in [0.25, 0.3) is 0 Å². The van der Waals surface area contributed by atoms with Gasteiger partial charge in [-0.25, -0.2) is 4.79 Å². The molecule has 0 saturated heterocycles. The first kappa shape index (κ1) is 20.4. The van der Waals surface area contributed by atoms with Gasteiger partial charge in [-0.05, 0) is 37.5 Å². The van der Waals surface area contributed by atoms with Crippen LogP contribution in [0.2, 0.25) is 0 Å². The van der Waals surface area contributed by atoms with Crippen molar-refractivity contribution < 1.29 is 9.59 Å². The number of nitrogens with one attached hydrogen (secondary N) is 3. The minimum absolute atomic E-state index is 0.0390. The van der Waals surface area contributed by atoms with Crippen LogP contribution in [0.25, 0.3) is 0 Å². The summed E-state index contributed by atoms with van der Waals surface area (Å²) in [6.45, 7) is 4.79. The number of carbonyl (C=O) groups excluding carboxylic acids is 2. The highest BCUT2D eigenvalue weighted by Crippen LogP contribution is 2.10. The highest BCUT2D eigenvalue weighted by Gasteiger charge is 2.19. The molecule has 1 aromatic rings. The summed E-state index contributed by atoms with van der Waals surface area (Å²) in [7, 11) is 0. The maximum atomic E-state index is 12.2. The minimum Gasteiger partial charge on any atom is -0.354 e. The average Bonchev–Trinajstić information content (AvgIpc) is 2.53. The Morgan fingerprint density at radius 1 is 1.17 bits per heavy atom. The first-order valence-electron chi connectivity index (χ1n) is 8.24. The van der Waals surface area contributed by atoms with Crippen molar-refractivity contribution in [2.75, 3.05) is 6.54 Å². The summed E-state index contributed by atoms with van der Waals surface area (Å²) in [5, 5.41) is 8.32. The maximum Gasteiger partial charge on any atom is 0.315 e. The van der Waals surface area contributed by atoms with Crippen molar-refractivity contribution in [1.29, 1.82) is 0 Å². The fraction of sp³-hybridized carbons (Fsp3) is 0.529. The Morgan fingerprint density at radius 3 is 2.42 bits per heavy atom. The fourth-order valence-electron chi connectivity index (χ4n) is 2.10. The highest BCUT2D eigenvalue weighted by atomic mass is 79.9. The Balaban J connectivity index is 2.43. The van der Waals surface area contributed by atoms with Gasteiger partial charge in [-0.15, -0.1) is 0 Å². The van der Waals surface area contributed by atoms with Gasteiger partial charge in [0.15, 0.2) is 0 Å². The van der Waals surface area contributed by atoms with Crippen LogP contribution in [0.5, 0.6) is 0 Å². The van der Waals surface area contributed by atoms with Crippen molar-refractivity contribution >= 4 is 27.9 Å². The molecule has 1 aromatic carbocycles. The average molecular weight is 399 g/mol. The summed E-state index contributed by atoms with van der Waals surface area (Å²) in [5.74, 6) is -0.170. The Morgan fingerprint density at radius 2 is 1.83 bits per heavy atom. The number of hydrogen-bond donors (Lipinski definition) is 4. The van der Waals surface area contributed by atoms with E-state index < -0.39 is 6.04 Å². The summed E-state index contributed by atoms with van der Waals surface area (Å²) in [4.78, 5) is 24.2. The molecule has 0 fully saturated rings. The molecule has 0 radical (unpaired) electrons. The largest absolute Gasteiger partial charge is 0.354 e. The molecule has 7 heteroatoms. The first-order chi connectivity index (χ1) is 11.4. The molecule has 24 heavy (non-hydrogen) atoms. The lowest BCUT2D eigenvalue weighted by molar-refractivity contribution is -0.123. The number of benzene rings is 1. The number of halogens is 1. The van der Waals surface area contributed by atoms with Gasteiger partial charge in [-0.1, -0.05) is 41.4 Å². The van der Waals surface area contributed by atoms with Crippen LogP contribution < -0.4 is 21.7 Å². The standard InChI is InChI=1S/C17H27BrN4O2/c1-3-4-15(16(23)20-10-9-12(2)19)22-17(24)21-11-13-5-7-14(18)8-6-13/h5-8,12,15H,3-4,9-11,19H2,1-2H3,(H,20,23)(H2,21,22,24). The van der Waals surface area contributed by atoms with Crippen LogP contribution in [0.15, 0.2) is 28.7 Å². The second-order valence-electron chi connectivity index (χ2n) is 5.85. The number of carbonyl (C=O) groups is 2. The van der Waals surface area contributed by atoms with E-state index in [2.05, 4.69) is 31.9 Å². The lowest BCUT2D eigenvalue weighted by atomic mass is 10.1. The van der Waals surface area contributed by atoms with Crippen LogP contribution in [-0.2, 0) is 11.3 Å². The van der Waals surface area contributed by atoms with E-state index in [1.807, 2.05) is 38.1 Å². The van der Waals surface area contributed by atoms with E-state index in [-0.39, 0.29) is 18.0 Å². The molecule has 0 aromatic heterocycles. The van der Waals surface area contributed by atoms with Crippen molar-refractivity contribution in [3.8, 4) is 0 Å². The monoisotopic (exact) mass is 398 g/mol. The van der Waals surface area contributed by atoms with Crippen molar-refractivity contribution in [2.45, 2.75) is 51.7 Å². The van der Waals surface area contributed by atoms with Gasteiger partial charge in [0, 0.05) is 23.6 Å². The maximum absolute atomic E-state index is 12.2. The number of urea groups is 1. The summed E-state index contributed by atoms with van der Waals surface area (Å²) < 4.78 is 0.988. The molecule has 0 aliphatic rings. The smallest absolute Gasteiger partial charge is 0.315 e. The molecule has 2 unspecified atom stereocenters. The van der Waals surface area contributed by atoms with Gasteiger partial charge in [0.05, 0.1) is 0 Å². The number of hydrogen-bond acceptors (Lipinski definition) is 3. The molecule has 6 nitrogen and oxygen atoms in total. The van der Waals surface area contributed by atoms with Crippen LogP contribution in [0.3, 0.4) is 0 Å². The quantitative estimate of drug-likeness (QED) is 0.513. The highest BCUT2D eigenvalue weighted by molar-refractivity contribution is 9.10. The number of rotatable bonds is 9. The summed E-state index contributed by atoms with van der Waals surface area (Å²) in [6, 6.07) is 6.84. The third kappa shape index (κ3) is 8.31. The van der Waals surface area contributed by atoms with Gasteiger partial charge in [-0.2, -0.15) is 0 Å². The van der Waals surface area contributed by atoms with E-state index in [1.54, 1.807) is 0 Å². The lowest BCUT2D eigenvalue weighted by Gasteiger charge is -2.18. The van der Waals surface area contributed by atoms with E-state index in [9.17, 15) is 9.59 Å². The first-order valence-corrected chi connectivity index (χ1v) is 9.03. The van der Waals surface area contributed by atoms with Crippen LogP contribution in [0, 0.1) is 0 Å². The topological polar surface area (TPSA) is 96.2 Å². The number of nitrogens with two attached hydrogens (primary N) is 1. The molecule has 0 heterocycles. The van der Waals surface area contributed by atoms with E-state index in [1.165, 1.54) is 0 Å². The molecule has 5 N–H and O–H groups in total. The molecule has 0 bridgehead atoms. The van der Waals surface area contributed by atoms with Crippen molar-refractivity contribution in [3.63, 3.8) is 0 Å². The van der Waals surface area contributed by atoms with E-state index >= 15 is 0 Å². The molecule has 134 valence electrons. The van der Waals surface area contributed by atoms with Crippen LogP contribution >= 0.6 is 15.9 Å². The third-order valence-corrected chi connectivity index (χ3v) is 3.99. The van der Waals surface area contributed by atoms with Crippen LogP contribution in [0.1, 0.15) is 38.7 Å². The Bertz CT molecular complexity index is 520. The molecule has 0 spiro atoms. The molecule has 1 rings (SSSR count). The molecule has 0 aliphatic heterocycles. The van der Waals surface area contributed by atoms with E-state index in [4.69, 9.17) is 5.73 Å². The Kier molecular flexibility index (Phi) is 9.41. The van der Waals surface area contributed by atoms with Gasteiger partial charge >= 0.3 is 6.03 Å². The van der Waals surface area contributed by atoms with Gasteiger partial charge < -0.3 is 21.7 Å². The lowest BCUT2D eigenvalue weighted by Crippen LogP contribution is -2.50. The van der Waals surface area contributed by atoms with Gasteiger partial charge in [0.2, 0.25) is 5.91 Å². The Hall–Kier alpha value is -1.60. The van der Waals surface area contributed by atoms with Crippen LogP contribution in [-0.4, -0.2) is 30.6 Å². The van der Waals surface area contributed by atoms with Crippen molar-refractivity contribution in [2.24, 2.45) is 5.73 Å².